The Morgan fingerprint density at radius 2 is 1.44 bits per heavy atom. The number of allylic oxidation sites excluding steroid dienone is 2. The summed E-state index contributed by atoms with van der Waals surface area (Å²) in [5.74, 6) is -0.581. The minimum Gasteiger partial charge on any atom is -0.497 e. The van der Waals surface area contributed by atoms with Crippen molar-refractivity contribution in [1.29, 1.82) is 0 Å². The topological polar surface area (TPSA) is 87.2 Å². The number of benzene rings is 1. The minimum atomic E-state index is -0.783. The van der Waals surface area contributed by atoms with Gasteiger partial charge in [0, 0.05) is 31.7 Å². The lowest BCUT2D eigenvalue weighted by Gasteiger charge is -2.38. The molecule has 2 heterocycles. The fraction of sp³-hybridized carbons (Fsp3) is 0.538. The second kappa shape index (κ2) is 9.99. The van der Waals surface area contributed by atoms with E-state index in [2.05, 4.69) is 0 Å². The molecule has 3 unspecified atom stereocenters. The van der Waals surface area contributed by atoms with Crippen molar-refractivity contribution in [2.75, 3.05) is 33.3 Å². The van der Waals surface area contributed by atoms with Gasteiger partial charge < -0.3 is 14.5 Å². The van der Waals surface area contributed by atoms with Crippen molar-refractivity contribution in [2.45, 2.75) is 39.2 Å². The standard InChI is InChI=1S/C26H33N3O5/c1-17(2)16-22(29-24(31)20-6-4-5-7-21(20)25(29)32)26(33)28-14-12-27(13-15-28)23(30)18-8-10-19(34-3)11-9-18/h4-5,8-11,17,20-22H,6-7,12-16H2,1-3H3. The van der Waals surface area contributed by atoms with Gasteiger partial charge in [-0.3, -0.25) is 24.1 Å². The number of hydrogen-bond donors (Lipinski definition) is 0. The summed E-state index contributed by atoms with van der Waals surface area (Å²) in [5, 5.41) is 0. The van der Waals surface area contributed by atoms with E-state index in [0.29, 0.717) is 56.8 Å². The van der Waals surface area contributed by atoms with E-state index in [4.69, 9.17) is 4.74 Å². The SMILES string of the molecule is COc1ccc(C(=O)N2CCN(C(=O)C(CC(C)C)N3C(=O)C4CC=CCC4C3=O)CC2)cc1. The average Bonchev–Trinajstić information content (AvgIpc) is 3.11. The van der Waals surface area contributed by atoms with E-state index < -0.39 is 6.04 Å². The van der Waals surface area contributed by atoms with Crippen LogP contribution in [0.15, 0.2) is 36.4 Å². The van der Waals surface area contributed by atoms with Crippen molar-refractivity contribution < 1.29 is 23.9 Å². The molecule has 0 saturated carbocycles. The second-order valence-electron chi connectivity index (χ2n) is 9.69. The van der Waals surface area contributed by atoms with Gasteiger partial charge in [0.2, 0.25) is 17.7 Å². The van der Waals surface area contributed by atoms with Gasteiger partial charge in [0.1, 0.15) is 11.8 Å². The normalized spacial score (nSPS) is 23.4. The highest BCUT2D eigenvalue weighted by Gasteiger charge is 2.51. The first-order valence-corrected chi connectivity index (χ1v) is 12.1. The third kappa shape index (κ3) is 4.58. The van der Waals surface area contributed by atoms with Crippen LogP contribution in [-0.4, -0.2) is 77.7 Å². The number of amides is 4. The zero-order valence-electron chi connectivity index (χ0n) is 20.1. The van der Waals surface area contributed by atoms with Crippen LogP contribution >= 0.6 is 0 Å². The molecule has 0 bridgehead atoms. The number of ether oxygens (including phenoxy) is 1. The molecule has 8 heteroatoms. The van der Waals surface area contributed by atoms with E-state index in [1.54, 1.807) is 41.2 Å². The van der Waals surface area contributed by atoms with Crippen LogP contribution in [-0.2, 0) is 14.4 Å². The maximum absolute atomic E-state index is 13.6. The first-order chi connectivity index (χ1) is 16.3. The molecule has 0 aromatic heterocycles. The maximum atomic E-state index is 13.6. The van der Waals surface area contributed by atoms with Crippen molar-refractivity contribution in [3.05, 3.63) is 42.0 Å². The van der Waals surface area contributed by atoms with Crippen LogP contribution in [0.5, 0.6) is 5.75 Å². The van der Waals surface area contributed by atoms with Gasteiger partial charge in [-0.05, 0) is 49.4 Å². The molecule has 3 aliphatic rings. The van der Waals surface area contributed by atoms with Gasteiger partial charge >= 0.3 is 0 Å². The molecule has 2 aliphatic heterocycles. The molecular formula is C26H33N3O5. The van der Waals surface area contributed by atoms with E-state index in [0.717, 1.165) is 0 Å². The zero-order valence-corrected chi connectivity index (χ0v) is 20.1. The van der Waals surface area contributed by atoms with Gasteiger partial charge in [0.15, 0.2) is 0 Å². The Kier molecular flexibility index (Phi) is 7.05. The molecule has 3 atom stereocenters. The van der Waals surface area contributed by atoms with Crippen LogP contribution in [0.1, 0.15) is 43.5 Å². The third-order valence-electron chi connectivity index (χ3n) is 7.05. The molecule has 4 amide bonds. The molecule has 8 nitrogen and oxygen atoms in total. The van der Waals surface area contributed by atoms with Crippen molar-refractivity contribution >= 4 is 23.6 Å². The van der Waals surface area contributed by atoms with Crippen LogP contribution in [0.4, 0.5) is 0 Å². The van der Waals surface area contributed by atoms with Gasteiger partial charge in [0.25, 0.3) is 5.91 Å². The summed E-state index contributed by atoms with van der Waals surface area (Å²) >= 11 is 0. The van der Waals surface area contributed by atoms with E-state index in [-0.39, 0.29) is 41.4 Å². The predicted octanol–water partition coefficient (Wildman–Crippen LogP) is 2.35. The number of methoxy groups -OCH3 is 1. The van der Waals surface area contributed by atoms with Crippen molar-refractivity contribution in [3.63, 3.8) is 0 Å². The first-order valence-electron chi connectivity index (χ1n) is 12.1. The largest absolute Gasteiger partial charge is 0.497 e. The lowest BCUT2D eigenvalue weighted by atomic mass is 9.85. The van der Waals surface area contributed by atoms with Crippen LogP contribution in [0.2, 0.25) is 0 Å². The van der Waals surface area contributed by atoms with Gasteiger partial charge in [-0.1, -0.05) is 26.0 Å². The fourth-order valence-electron chi connectivity index (χ4n) is 5.15. The average molecular weight is 468 g/mol. The lowest BCUT2D eigenvalue weighted by molar-refractivity contribution is -0.153. The summed E-state index contributed by atoms with van der Waals surface area (Å²) in [4.78, 5) is 57.4. The molecular weight excluding hydrogens is 434 g/mol. The highest BCUT2D eigenvalue weighted by molar-refractivity contribution is 6.08. The Labute approximate surface area is 200 Å². The molecule has 0 radical (unpaired) electrons. The Hall–Kier alpha value is -3.16. The number of carbonyl (C=O) groups is 4. The summed E-state index contributed by atoms with van der Waals surface area (Å²) in [6, 6.07) is 6.18. The van der Waals surface area contributed by atoms with E-state index in [9.17, 15) is 19.2 Å². The van der Waals surface area contributed by atoms with Crippen LogP contribution in [0.25, 0.3) is 0 Å². The highest BCUT2D eigenvalue weighted by Crippen LogP contribution is 2.37. The molecule has 4 rings (SSSR count). The molecule has 0 spiro atoms. The van der Waals surface area contributed by atoms with Crippen LogP contribution in [0.3, 0.4) is 0 Å². The summed E-state index contributed by atoms with van der Waals surface area (Å²) in [6.45, 7) is 5.54. The number of imide groups is 1. The summed E-state index contributed by atoms with van der Waals surface area (Å²) in [6.07, 6.45) is 5.46. The van der Waals surface area contributed by atoms with E-state index in [1.165, 1.54) is 4.90 Å². The zero-order chi connectivity index (χ0) is 24.4. The van der Waals surface area contributed by atoms with Crippen molar-refractivity contribution in [3.8, 4) is 5.75 Å². The smallest absolute Gasteiger partial charge is 0.253 e. The summed E-state index contributed by atoms with van der Waals surface area (Å²) in [5.41, 5.74) is 0.572. The Morgan fingerprint density at radius 1 is 0.912 bits per heavy atom. The highest BCUT2D eigenvalue weighted by atomic mass is 16.5. The molecule has 1 aliphatic carbocycles. The second-order valence-corrected chi connectivity index (χ2v) is 9.69. The van der Waals surface area contributed by atoms with Gasteiger partial charge in [0.05, 0.1) is 18.9 Å². The van der Waals surface area contributed by atoms with Crippen LogP contribution in [0, 0.1) is 17.8 Å². The molecule has 0 N–H and O–H groups in total. The van der Waals surface area contributed by atoms with Gasteiger partial charge in [-0.15, -0.1) is 0 Å². The van der Waals surface area contributed by atoms with E-state index >= 15 is 0 Å². The molecule has 1 aromatic carbocycles. The molecule has 182 valence electrons. The van der Waals surface area contributed by atoms with Gasteiger partial charge in [-0.2, -0.15) is 0 Å². The number of fused-ring (bicyclic) bond motifs is 1. The molecule has 34 heavy (non-hydrogen) atoms. The van der Waals surface area contributed by atoms with Crippen molar-refractivity contribution in [2.24, 2.45) is 17.8 Å². The number of piperazine rings is 1. The number of likely N-dealkylation sites (tertiary alicyclic amines) is 1. The van der Waals surface area contributed by atoms with Crippen molar-refractivity contribution in [1.82, 2.24) is 14.7 Å². The Balaban J connectivity index is 1.43. The Morgan fingerprint density at radius 3 is 1.94 bits per heavy atom. The minimum absolute atomic E-state index is 0.0880. The fourth-order valence-corrected chi connectivity index (χ4v) is 5.15. The molecule has 2 fully saturated rings. The number of nitrogens with zero attached hydrogens (tertiary/aromatic N) is 3. The Bertz CT molecular complexity index is 953. The van der Waals surface area contributed by atoms with E-state index in [1.807, 2.05) is 26.0 Å². The number of hydrogen-bond acceptors (Lipinski definition) is 5. The lowest BCUT2D eigenvalue weighted by Crippen LogP contribution is -2.57. The summed E-state index contributed by atoms with van der Waals surface area (Å²) in [7, 11) is 1.58. The molecule has 2 saturated heterocycles. The predicted molar refractivity (Wildman–Crippen MR) is 126 cm³/mol. The number of carbonyl (C=O) groups excluding carboxylic acids is 4. The van der Waals surface area contributed by atoms with Crippen LogP contribution < -0.4 is 4.74 Å². The van der Waals surface area contributed by atoms with Gasteiger partial charge in [-0.25, -0.2) is 0 Å². The quantitative estimate of drug-likeness (QED) is 0.474. The monoisotopic (exact) mass is 467 g/mol. The maximum Gasteiger partial charge on any atom is 0.253 e. The number of rotatable bonds is 6. The molecule has 1 aromatic rings. The first kappa shape index (κ1) is 24.0. The summed E-state index contributed by atoms with van der Waals surface area (Å²) < 4.78 is 5.15. The third-order valence-corrected chi connectivity index (χ3v) is 7.05.